The second-order valence-corrected chi connectivity index (χ2v) is 10.1. The predicted octanol–water partition coefficient (Wildman–Crippen LogP) is 5.56. The number of para-hydroxylation sites is 2. The molecule has 1 heterocycles. The minimum absolute atomic E-state index is 0. The lowest BCUT2D eigenvalue weighted by Crippen LogP contribution is -2.63. The van der Waals surface area contributed by atoms with Gasteiger partial charge in [-0.2, -0.15) is 13.5 Å². The number of hydrogen-bond donors (Lipinski definition) is 1. The Bertz CT molecular complexity index is 1230. The topological polar surface area (TPSA) is 81.2 Å². The number of carboxylic acid groups (broad SMARTS) is 1. The van der Waals surface area contributed by atoms with Gasteiger partial charge in [-0.25, -0.2) is 9.59 Å². The van der Waals surface area contributed by atoms with Gasteiger partial charge in [0.1, 0.15) is 6.04 Å². The summed E-state index contributed by atoms with van der Waals surface area (Å²) in [5.74, 6) is -1.23. The molecule has 1 saturated carbocycles. The summed E-state index contributed by atoms with van der Waals surface area (Å²) in [6.07, 6.45) is 4.34. The smallest absolute Gasteiger partial charge is 0.329 e. The maximum absolute atomic E-state index is 14.2. The number of carbonyl (C=O) groups is 3. The SMILES string of the molecule is O=C(O)[C@@H]1CN(C(=O)N(c2ccccc2)c2ccccc2)CCN1C(=O)C1(c2ccccc2)CCCCC1.S. The first-order chi connectivity index (χ1) is 18.5. The number of urea groups is 1. The molecule has 8 heteroatoms. The number of piperazine rings is 1. The first kappa shape index (κ1) is 28.2. The molecule has 7 nitrogen and oxygen atoms in total. The Balaban J connectivity index is 0.00000353. The molecule has 204 valence electrons. The van der Waals surface area contributed by atoms with Crippen LogP contribution in [0.3, 0.4) is 0 Å². The van der Waals surface area contributed by atoms with Crippen molar-refractivity contribution in [2.24, 2.45) is 0 Å². The van der Waals surface area contributed by atoms with E-state index in [0.717, 1.165) is 24.8 Å². The summed E-state index contributed by atoms with van der Waals surface area (Å²) in [7, 11) is 0. The van der Waals surface area contributed by atoms with Gasteiger partial charge in [-0.15, -0.1) is 0 Å². The van der Waals surface area contributed by atoms with Crippen molar-refractivity contribution in [3.8, 4) is 0 Å². The number of amides is 3. The Labute approximate surface area is 236 Å². The van der Waals surface area contributed by atoms with E-state index in [9.17, 15) is 19.5 Å². The molecule has 3 amide bonds. The van der Waals surface area contributed by atoms with E-state index in [-0.39, 0.29) is 45.1 Å². The molecule has 2 fully saturated rings. The fourth-order valence-corrected chi connectivity index (χ4v) is 5.89. The number of anilines is 2. The normalized spacial score (nSPS) is 18.5. The van der Waals surface area contributed by atoms with Gasteiger partial charge in [0.05, 0.1) is 23.3 Å². The number of hydrogen-bond acceptors (Lipinski definition) is 3. The lowest BCUT2D eigenvalue weighted by atomic mass is 9.68. The van der Waals surface area contributed by atoms with E-state index in [4.69, 9.17) is 0 Å². The minimum atomic E-state index is -1.11. The van der Waals surface area contributed by atoms with Crippen LogP contribution in [0.1, 0.15) is 37.7 Å². The zero-order valence-corrected chi connectivity index (χ0v) is 22.9. The van der Waals surface area contributed by atoms with Crippen LogP contribution < -0.4 is 4.90 Å². The fourth-order valence-electron chi connectivity index (χ4n) is 5.89. The average Bonchev–Trinajstić information content (AvgIpc) is 2.98. The van der Waals surface area contributed by atoms with Crippen molar-refractivity contribution in [1.82, 2.24) is 9.80 Å². The summed E-state index contributed by atoms with van der Waals surface area (Å²) in [5, 5.41) is 10.2. The van der Waals surface area contributed by atoms with Gasteiger partial charge in [0, 0.05) is 13.1 Å². The molecule has 5 rings (SSSR count). The van der Waals surface area contributed by atoms with Gasteiger partial charge in [-0.05, 0) is 42.7 Å². The molecular formula is C31H35N3O4S. The molecule has 0 radical (unpaired) electrons. The van der Waals surface area contributed by atoms with Crippen LogP contribution in [0.2, 0.25) is 0 Å². The maximum Gasteiger partial charge on any atom is 0.329 e. The Morgan fingerprint density at radius 2 is 1.26 bits per heavy atom. The monoisotopic (exact) mass is 545 g/mol. The summed E-state index contributed by atoms with van der Waals surface area (Å²) >= 11 is 0. The Kier molecular flexibility index (Phi) is 8.97. The van der Waals surface area contributed by atoms with E-state index in [1.165, 1.54) is 4.90 Å². The van der Waals surface area contributed by atoms with E-state index >= 15 is 0 Å². The van der Waals surface area contributed by atoms with Crippen molar-refractivity contribution in [3.05, 3.63) is 96.6 Å². The van der Waals surface area contributed by atoms with Crippen LogP contribution in [0.15, 0.2) is 91.0 Å². The molecule has 0 spiro atoms. The van der Waals surface area contributed by atoms with Crippen molar-refractivity contribution in [2.75, 3.05) is 24.5 Å². The van der Waals surface area contributed by atoms with E-state index < -0.39 is 17.4 Å². The summed E-state index contributed by atoms with van der Waals surface area (Å²) in [6.45, 7) is 0.365. The molecule has 3 aromatic carbocycles. The van der Waals surface area contributed by atoms with Crippen molar-refractivity contribution in [3.63, 3.8) is 0 Å². The molecule has 1 atom stereocenters. The van der Waals surface area contributed by atoms with E-state index in [2.05, 4.69) is 0 Å². The third kappa shape index (κ3) is 5.66. The lowest BCUT2D eigenvalue weighted by Gasteiger charge is -2.46. The molecule has 1 saturated heterocycles. The number of aliphatic carboxylic acids is 1. The van der Waals surface area contributed by atoms with Crippen molar-refractivity contribution in [1.29, 1.82) is 0 Å². The zero-order valence-electron chi connectivity index (χ0n) is 21.9. The highest BCUT2D eigenvalue weighted by Gasteiger charge is 2.48. The maximum atomic E-state index is 14.2. The Morgan fingerprint density at radius 1 is 0.744 bits per heavy atom. The van der Waals surface area contributed by atoms with Crippen LogP contribution in [0.4, 0.5) is 16.2 Å². The molecule has 39 heavy (non-hydrogen) atoms. The van der Waals surface area contributed by atoms with Gasteiger partial charge in [-0.3, -0.25) is 9.69 Å². The highest BCUT2D eigenvalue weighted by Crippen LogP contribution is 2.42. The molecule has 1 N–H and O–H groups in total. The number of carbonyl (C=O) groups excluding carboxylic acids is 2. The van der Waals surface area contributed by atoms with Gasteiger partial charge in [0.25, 0.3) is 0 Å². The zero-order chi connectivity index (χ0) is 26.5. The van der Waals surface area contributed by atoms with Crippen LogP contribution in [-0.4, -0.2) is 58.5 Å². The second-order valence-electron chi connectivity index (χ2n) is 10.1. The molecule has 2 aliphatic rings. The highest BCUT2D eigenvalue weighted by molar-refractivity contribution is 7.59. The first-order valence-electron chi connectivity index (χ1n) is 13.3. The third-order valence-corrected chi connectivity index (χ3v) is 7.86. The van der Waals surface area contributed by atoms with E-state index in [1.807, 2.05) is 91.0 Å². The van der Waals surface area contributed by atoms with Gasteiger partial charge < -0.3 is 14.9 Å². The number of rotatable bonds is 5. The molecular weight excluding hydrogens is 510 g/mol. The summed E-state index contributed by atoms with van der Waals surface area (Å²) in [5.41, 5.74) is 1.62. The quantitative estimate of drug-likeness (QED) is 0.455. The van der Waals surface area contributed by atoms with Crippen molar-refractivity contribution in [2.45, 2.75) is 43.6 Å². The second kappa shape index (κ2) is 12.4. The average molecular weight is 546 g/mol. The van der Waals surface area contributed by atoms with E-state index in [1.54, 1.807) is 9.80 Å². The fraction of sp³-hybridized carbons (Fsp3) is 0.323. The van der Waals surface area contributed by atoms with Gasteiger partial charge in [0.15, 0.2) is 0 Å². The van der Waals surface area contributed by atoms with Crippen LogP contribution in [0.5, 0.6) is 0 Å². The van der Waals surface area contributed by atoms with Crippen LogP contribution >= 0.6 is 13.5 Å². The summed E-state index contributed by atoms with van der Waals surface area (Å²) in [6, 6.07) is 27.0. The van der Waals surface area contributed by atoms with Crippen LogP contribution in [-0.2, 0) is 15.0 Å². The summed E-state index contributed by atoms with van der Waals surface area (Å²) < 4.78 is 0. The molecule has 3 aromatic rings. The predicted molar refractivity (Wildman–Crippen MR) is 157 cm³/mol. The number of benzene rings is 3. The molecule has 1 aliphatic carbocycles. The third-order valence-electron chi connectivity index (χ3n) is 7.86. The highest BCUT2D eigenvalue weighted by atomic mass is 32.1. The van der Waals surface area contributed by atoms with Crippen LogP contribution in [0, 0.1) is 0 Å². The van der Waals surface area contributed by atoms with Gasteiger partial charge in [0.2, 0.25) is 5.91 Å². The minimum Gasteiger partial charge on any atom is -0.480 e. The Morgan fingerprint density at radius 3 is 1.77 bits per heavy atom. The first-order valence-corrected chi connectivity index (χ1v) is 13.3. The molecule has 0 bridgehead atoms. The lowest BCUT2D eigenvalue weighted by molar-refractivity contribution is -0.156. The van der Waals surface area contributed by atoms with Crippen molar-refractivity contribution < 1.29 is 19.5 Å². The Hall–Kier alpha value is -3.78. The molecule has 1 aliphatic heterocycles. The summed E-state index contributed by atoms with van der Waals surface area (Å²) in [4.78, 5) is 45.3. The van der Waals surface area contributed by atoms with Crippen molar-refractivity contribution >= 4 is 42.8 Å². The van der Waals surface area contributed by atoms with E-state index in [0.29, 0.717) is 24.2 Å². The number of carboxylic acids is 1. The van der Waals surface area contributed by atoms with Gasteiger partial charge >= 0.3 is 12.0 Å². The van der Waals surface area contributed by atoms with Gasteiger partial charge in [-0.1, -0.05) is 86.0 Å². The largest absolute Gasteiger partial charge is 0.480 e. The standard InChI is InChI=1S/C31H33N3O4.H2S/c35-28(36)27-23-32(30(38)34(25-15-7-2-8-16-25)26-17-9-3-10-18-26)21-22-33(27)29(37)31(19-11-4-12-20-31)24-13-5-1-6-14-24;/h1-3,5-10,13-18,27H,4,11-12,19-23H2,(H,35,36);1H2/t27-;/m0./s1. The number of nitrogens with zero attached hydrogens (tertiary/aromatic N) is 3. The molecule has 0 unspecified atom stereocenters. The molecule has 0 aromatic heterocycles. The van der Waals surface area contributed by atoms with Crippen LogP contribution in [0.25, 0.3) is 0 Å².